The van der Waals surface area contributed by atoms with E-state index in [1.807, 2.05) is 17.2 Å². The molecule has 0 N–H and O–H groups in total. The molecular weight excluding hydrogens is 346 g/mol. The van der Waals surface area contributed by atoms with Gasteiger partial charge < -0.3 is 19.4 Å². The number of methoxy groups -OCH3 is 1. The van der Waals surface area contributed by atoms with Crippen molar-refractivity contribution in [2.45, 2.75) is 12.8 Å². The first-order valence-electron chi connectivity index (χ1n) is 9.35. The lowest BCUT2D eigenvalue weighted by Gasteiger charge is -2.35. The average Bonchev–Trinajstić information content (AvgIpc) is 3.37. The van der Waals surface area contributed by atoms with Gasteiger partial charge in [0.15, 0.2) is 0 Å². The fourth-order valence-corrected chi connectivity index (χ4v) is 3.66. The monoisotopic (exact) mass is 371 g/mol. The summed E-state index contributed by atoms with van der Waals surface area (Å²) in [6.45, 7) is 4.81. The molecular formula is C18H25N7O2. The van der Waals surface area contributed by atoms with Crippen LogP contribution in [0.5, 0.6) is 5.88 Å². The summed E-state index contributed by atoms with van der Waals surface area (Å²) in [5.41, 5.74) is 0.506. The Morgan fingerprint density at radius 1 is 1.07 bits per heavy atom. The van der Waals surface area contributed by atoms with Crippen molar-refractivity contribution in [3.05, 3.63) is 24.0 Å². The van der Waals surface area contributed by atoms with Gasteiger partial charge in [-0.1, -0.05) is 0 Å². The molecule has 2 aliphatic heterocycles. The Hall–Kier alpha value is -2.84. The molecule has 144 valence electrons. The Bertz CT molecular complexity index is 808. The number of rotatable bonds is 4. The second-order valence-electron chi connectivity index (χ2n) is 6.91. The summed E-state index contributed by atoms with van der Waals surface area (Å²) in [7, 11) is 3.31. The highest BCUT2D eigenvalue weighted by atomic mass is 16.5. The zero-order valence-electron chi connectivity index (χ0n) is 15.8. The summed E-state index contributed by atoms with van der Waals surface area (Å²) >= 11 is 0. The molecule has 0 saturated carbocycles. The minimum absolute atomic E-state index is 0.0416. The quantitative estimate of drug-likeness (QED) is 0.786. The van der Waals surface area contributed by atoms with Crippen LogP contribution in [0.1, 0.15) is 23.2 Å². The predicted octanol–water partition coefficient (Wildman–Crippen LogP) is 0.781. The van der Waals surface area contributed by atoms with Crippen molar-refractivity contribution >= 4 is 17.7 Å². The second kappa shape index (κ2) is 7.42. The molecule has 2 aromatic rings. The van der Waals surface area contributed by atoms with Gasteiger partial charge in [0.25, 0.3) is 5.91 Å². The first kappa shape index (κ1) is 17.6. The summed E-state index contributed by atoms with van der Waals surface area (Å²) < 4.78 is 6.82. The first-order valence-corrected chi connectivity index (χ1v) is 9.35. The highest BCUT2D eigenvalue weighted by Gasteiger charge is 2.27. The van der Waals surface area contributed by atoms with Crippen LogP contribution in [0.3, 0.4) is 0 Å². The van der Waals surface area contributed by atoms with E-state index >= 15 is 0 Å². The van der Waals surface area contributed by atoms with Gasteiger partial charge >= 0.3 is 0 Å². The maximum absolute atomic E-state index is 12.8. The van der Waals surface area contributed by atoms with E-state index in [9.17, 15) is 4.79 Å². The summed E-state index contributed by atoms with van der Waals surface area (Å²) in [5.74, 6) is 2.07. The van der Waals surface area contributed by atoms with Crippen LogP contribution in [0.25, 0.3) is 0 Å². The van der Waals surface area contributed by atoms with Gasteiger partial charge in [0.2, 0.25) is 11.8 Å². The predicted molar refractivity (Wildman–Crippen MR) is 101 cm³/mol. The second-order valence-corrected chi connectivity index (χ2v) is 6.91. The van der Waals surface area contributed by atoms with E-state index in [1.54, 1.807) is 17.9 Å². The molecule has 0 aliphatic carbocycles. The number of hydrogen-bond donors (Lipinski definition) is 0. The van der Waals surface area contributed by atoms with Crippen LogP contribution in [0.2, 0.25) is 0 Å². The molecule has 0 spiro atoms. The molecule has 2 fully saturated rings. The van der Waals surface area contributed by atoms with Crippen molar-refractivity contribution in [1.29, 1.82) is 0 Å². The minimum Gasteiger partial charge on any atom is -0.479 e. The van der Waals surface area contributed by atoms with Crippen LogP contribution < -0.4 is 14.5 Å². The molecule has 2 saturated heterocycles. The fourth-order valence-electron chi connectivity index (χ4n) is 3.66. The number of piperazine rings is 1. The highest BCUT2D eigenvalue weighted by Crippen LogP contribution is 2.22. The lowest BCUT2D eigenvalue weighted by Crippen LogP contribution is -2.49. The van der Waals surface area contributed by atoms with E-state index in [1.165, 1.54) is 20.0 Å². The fraction of sp³-hybridized carbons (Fsp3) is 0.556. The molecule has 1 amide bonds. The van der Waals surface area contributed by atoms with Gasteiger partial charge in [-0.2, -0.15) is 4.98 Å². The van der Waals surface area contributed by atoms with Gasteiger partial charge in [-0.15, -0.1) is 5.10 Å². The van der Waals surface area contributed by atoms with Crippen molar-refractivity contribution in [3.63, 3.8) is 0 Å². The first-order chi connectivity index (χ1) is 13.2. The summed E-state index contributed by atoms with van der Waals surface area (Å²) in [4.78, 5) is 28.3. The molecule has 9 nitrogen and oxygen atoms in total. The Morgan fingerprint density at radius 2 is 1.81 bits per heavy atom. The van der Waals surface area contributed by atoms with Crippen LogP contribution in [-0.2, 0) is 7.05 Å². The topological polar surface area (TPSA) is 79.6 Å². The highest BCUT2D eigenvalue weighted by molar-refractivity contribution is 5.96. The minimum atomic E-state index is -0.0416. The lowest BCUT2D eigenvalue weighted by atomic mass is 10.2. The Labute approximate surface area is 158 Å². The molecule has 0 bridgehead atoms. The van der Waals surface area contributed by atoms with Gasteiger partial charge in [-0.25, -0.2) is 4.98 Å². The molecule has 4 rings (SSSR count). The maximum Gasteiger partial charge on any atom is 0.261 e. The van der Waals surface area contributed by atoms with Crippen LogP contribution in [0.4, 0.5) is 11.8 Å². The molecule has 0 radical (unpaired) electrons. The Kier molecular flexibility index (Phi) is 4.83. The molecule has 2 aliphatic rings. The van der Waals surface area contributed by atoms with Crippen LogP contribution >= 0.6 is 0 Å². The number of aromatic nitrogens is 4. The largest absolute Gasteiger partial charge is 0.479 e. The van der Waals surface area contributed by atoms with Gasteiger partial charge in [-0.3, -0.25) is 9.48 Å². The number of ether oxygens (including phenoxy) is 1. The smallest absolute Gasteiger partial charge is 0.261 e. The Morgan fingerprint density at radius 3 is 2.52 bits per heavy atom. The number of amides is 1. The summed E-state index contributed by atoms with van der Waals surface area (Å²) in [6.07, 6.45) is 5.94. The number of carbonyl (C=O) groups excluding carboxylic acids is 1. The van der Waals surface area contributed by atoms with Crippen molar-refractivity contribution < 1.29 is 9.53 Å². The number of aryl methyl sites for hydroxylation is 1. The van der Waals surface area contributed by atoms with E-state index in [4.69, 9.17) is 9.72 Å². The van der Waals surface area contributed by atoms with Crippen molar-refractivity contribution in [2.75, 3.05) is 56.2 Å². The van der Waals surface area contributed by atoms with Gasteiger partial charge in [0.1, 0.15) is 11.4 Å². The van der Waals surface area contributed by atoms with E-state index < -0.39 is 0 Å². The number of hydrogen-bond acceptors (Lipinski definition) is 7. The molecule has 0 atom stereocenters. The van der Waals surface area contributed by atoms with Crippen molar-refractivity contribution in [3.8, 4) is 5.88 Å². The number of carbonyl (C=O) groups is 1. The number of anilines is 2. The van der Waals surface area contributed by atoms with E-state index in [0.29, 0.717) is 24.5 Å². The molecule has 9 heteroatoms. The van der Waals surface area contributed by atoms with Gasteiger partial charge in [-0.05, 0) is 18.9 Å². The zero-order valence-corrected chi connectivity index (χ0v) is 15.8. The van der Waals surface area contributed by atoms with Crippen molar-refractivity contribution in [1.82, 2.24) is 24.6 Å². The molecule has 27 heavy (non-hydrogen) atoms. The SMILES string of the molecule is COc1nn(C)cc1C(=O)N1CCN(c2ccnc(N3CCCC3)n2)CC1. The van der Waals surface area contributed by atoms with Crippen LogP contribution in [-0.4, -0.2) is 76.9 Å². The maximum atomic E-state index is 12.8. The zero-order chi connectivity index (χ0) is 18.8. The third kappa shape index (κ3) is 3.54. The molecule has 4 heterocycles. The Balaban J connectivity index is 1.41. The molecule has 2 aromatic heterocycles. The third-order valence-corrected chi connectivity index (χ3v) is 5.13. The normalized spacial score (nSPS) is 17.5. The van der Waals surface area contributed by atoms with E-state index in [2.05, 4.69) is 19.9 Å². The van der Waals surface area contributed by atoms with E-state index in [-0.39, 0.29) is 5.91 Å². The standard InChI is InChI=1S/C18H25N7O2/c1-22-13-14(16(21-22)27-2)17(26)24-11-9-23(10-12-24)15-5-6-19-18(20-15)25-7-3-4-8-25/h5-6,13H,3-4,7-12H2,1-2H3. The summed E-state index contributed by atoms with van der Waals surface area (Å²) in [5, 5.41) is 4.17. The van der Waals surface area contributed by atoms with E-state index in [0.717, 1.165) is 37.9 Å². The third-order valence-electron chi connectivity index (χ3n) is 5.13. The molecule has 0 unspecified atom stereocenters. The van der Waals surface area contributed by atoms with Crippen LogP contribution in [0, 0.1) is 0 Å². The lowest BCUT2D eigenvalue weighted by molar-refractivity contribution is 0.0743. The van der Waals surface area contributed by atoms with Gasteiger partial charge in [0.05, 0.1) is 7.11 Å². The average molecular weight is 371 g/mol. The van der Waals surface area contributed by atoms with Crippen molar-refractivity contribution in [2.24, 2.45) is 7.05 Å². The number of nitrogens with zero attached hydrogens (tertiary/aromatic N) is 7. The van der Waals surface area contributed by atoms with Gasteiger partial charge in [0, 0.05) is 58.7 Å². The molecule has 0 aromatic carbocycles. The summed E-state index contributed by atoms with van der Waals surface area (Å²) in [6, 6.07) is 1.95. The van der Waals surface area contributed by atoms with Crippen LogP contribution in [0.15, 0.2) is 18.5 Å².